The fourth-order valence-corrected chi connectivity index (χ4v) is 6.08. The molecule has 3 heterocycles. The zero-order chi connectivity index (χ0) is 29.0. The molecule has 0 spiro atoms. The Bertz CT molecular complexity index is 864. The van der Waals surface area contributed by atoms with Crippen LogP contribution < -0.4 is 5.32 Å². The van der Waals surface area contributed by atoms with E-state index in [2.05, 4.69) is 30.7 Å². The molecule has 2 fully saturated rings. The van der Waals surface area contributed by atoms with E-state index in [0.717, 1.165) is 57.6 Å². The van der Waals surface area contributed by atoms with E-state index in [-0.39, 0.29) is 12.1 Å². The fraction of sp³-hybridized carbons (Fsp3) is 0.879. The van der Waals surface area contributed by atoms with Gasteiger partial charge in [-0.05, 0) is 77.8 Å². The second-order valence-electron chi connectivity index (χ2n) is 14.4. The van der Waals surface area contributed by atoms with Gasteiger partial charge in [-0.15, -0.1) is 0 Å². The smallest absolute Gasteiger partial charge is 0.410 e. The lowest BCUT2D eigenvalue weighted by atomic mass is 9.89. The summed E-state index contributed by atoms with van der Waals surface area (Å²) in [4.78, 5) is 19.8. The monoisotopic (exact) mass is 560 g/mol. The van der Waals surface area contributed by atoms with Crippen LogP contribution in [0.3, 0.4) is 0 Å². The predicted octanol–water partition coefficient (Wildman–Crippen LogP) is 8.34. The lowest BCUT2D eigenvalue weighted by Crippen LogP contribution is -2.37. The number of nitrogens with one attached hydrogen (secondary N) is 1. The van der Waals surface area contributed by atoms with Gasteiger partial charge in [-0.3, -0.25) is 4.90 Å². The van der Waals surface area contributed by atoms with E-state index in [1.165, 1.54) is 63.5 Å². The summed E-state index contributed by atoms with van der Waals surface area (Å²) in [5.74, 6) is 1.44. The number of aromatic nitrogens is 2. The summed E-state index contributed by atoms with van der Waals surface area (Å²) in [6, 6.07) is -0.0534. The van der Waals surface area contributed by atoms with Crippen LogP contribution in [0.4, 0.5) is 4.79 Å². The average Bonchev–Trinajstić information content (AvgIpc) is 3.53. The van der Waals surface area contributed by atoms with Crippen molar-refractivity contribution in [2.75, 3.05) is 26.2 Å². The van der Waals surface area contributed by atoms with Gasteiger partial charge < -0.3 is 19.4 Å². The van der Waals surface area contributed by atoms with Crippen molar-refractivity contribution in [3.8, 4) is 0 Å². The number of rotatable bonds is 15. The normalized spacial score (nSPS) is 18.9. The number of nitrogens with zero attached hydrogens (tertiary/aromatic N) is 3. The molecule has 0 saturated carbocycles. The number of carbonyl (C=O) groups is 1. The molecule has 40 heavy (non-hydrogen) atoms. The Labute approximate surface area is 245 Å². The molecular weight excluding hydrogens is 500 g/mol. The van der Waals surface area contributed by atoms with Crippen molar-refractivity contribution in [1.29, 1.82) is 0 Å². The highest BCUT2D eigenvalue weighted by Crippen LogP contribution is 2.35. The highest BCUT2D eigenvalue weighted by atomic mass is 16.6. The molecule has 1 aromatic rings. The molecule has 1 amide bonds. The summed E-state index contributed by atoms with van der Waals surface area (Å²) in [5.41, 5.74) is 1.23. The Hall–Kier alpha value is -1.60. The lowest BCUT2D eigenvalue weighted by Gasteiger charge is -2.29. The molecule has 1 aromatic heterocycles. The quantitative estimate of drug-likeness (QED) is 0.218. The van der Waals surface area contributed by atoms with Gasteiger partial charge in [0.2, 0.25) is 0 Å². The zero-order valence-corrected chi connectivity index (χ0v) is 26.7. The van der Waals surface area contributed by atoms with E-state index in [1.54, 1.807) is 0 Å². The van der Waals surface area contributed by atoms with Crippen molar-refractivity contribution in [3.63, 3.8) is 0 Å². The second-order valence-corrected chi connectivity index (χ2v) is 14.4. The van der Waals surface area contributed by atoms with E-state index >= 15 is 0 Å². The number of hydrogen-bond acceptors (Lipinski definition) is 5. The van der Waals surface area contributed by atoms with Gasteiger partial charge in [0.05, 0.1) is 6.04 Å². The van der Waals surface area contributed by atoms with E-state index in [4.69, 9.17) is 14.5 Å². The minimum Gasteiger partial charge on any atom is -0.444 e. The summed E-state index contributed by atoms with van der Waals surface area (Å²) < 4.78 is 14.3. The first-order valence-corrected chi connectivity index (χ1v) is 16.4. The van der Waals surface area contributed by atoms with Crippen LogP contribution in [0.1, 0.15) is 155 Å². The van der Waals surface area contributed by atoms with Gasteiger partial charge in [-0.2, -0.15) is 0 Å². The van der Waals surface area contributed by atoms with Crippen LogP contribution in [0.2, 0.25) is 0 Å². The van der Waals surface area contributed by atoms with Gasteiger partial charge in [0.25, 0.3) is 0 Å². The average molecular weight is 561 g/mol. The number of amides is 1. The Morgan fingerprint density at radius 3 is 2.17 bits per heavy atom. The molecule has 1 N–H and O–H groups in total. The maximum absolute atomic E-state index is 13.0. The SMILES string of the molecule is CC(C)(C)CCCCCCCCCCCOCn1c(C2CCNCC2)cnc1C1CCCN1C(=O)OC(C)(C)C. The van der Waals surface area contributed by atoms with Crippen molar-refractivity contribution in [2.45, 2.75) is 156 Å². The topological polar surface area (TPSA) is 68.6 Å². The van der Waals surface area contributed by atoms with Crippen molar-refractivity contribution in [2.24, 2.45) is 5.41 Å². The summed E-state index contributed by atoms with van der Waals surface area (Å²) in [5, 5.41) is 3.48. The highest BCUT2D eigenvalue weighted by Gasteiger charge is 2.36. The molecule has 0 aliphatic carbocycles. The van der Waals surface area contributed by atoms with Gasteiger partial charge in [0, 0.05) is 31.0 Å². The number of likely N-dealkylation sites (tertiary alicyclic amines) is 1. The molecule has 230 valence electrons. The van der Waals surface area contributed by atoms with Crippen LogP contribution in [0.5, 0.6) is 0 Å². The van der Waals surface area contributed by atoms with Crippen LogP contribution in [0.15, 0.2) is 6.20 Å². The first-order valence-electron chi connectivity index (χ1n) is 16.4. The zero-order valence-electron chi connectivity index (χ0n) is 26.7. The number of unbranched alkanes of at least 4 members (excludes halogenated alkanes) is 8. The molecule has 1 unspecified atom stereocenters. The fourth-order valence-electron chi connectivity index (χ4n) is 6.08. The molecule has 2 aliphatic rings. The van der Waals surface area contributed by atoms with Crippen LogP contribution in [-0.2, 0) is 16.2 Å². The Balaban J connectivity index is 1.45. The molecule has 0 radical (unpaired) electrons. The Kier molecular flexibility index (Phi) is 13.3. The van der Waals surface area contributed by atoms with Crippen molar-refractivity contribution < 1.29 is 14.3 Å². The van der Waals surface area contributed by atoms with Gasteiger partial charge in [-0.25, -0.2) is 9.78 Å². The maximum atomic E-state index is 13.0. The first kappa shape index (κ1) is 32.9. The molecule has 1 atom stereocenters. The molecular formula is C33H60N4O3. The van der Waals surface area contributed by atoms with Gasteiger partial charge in [0.15, 0.2) is 0 Å². The Morgan fingerprint density at radius 2 is 1.55 bits per heavy atom. The van der Waals surface area contributed by atoms with Gasteiger partial charge in [0.1, 0.15) is 18.2 Å². The number of imidazole rings is 1. The first-order chi connectivity index (χ1) is 19.1. The second kappa shape index (κ2) is 16.1. The van der Waals surface area contributed by atoms with Crippen molar-refractivity contribution in [3.05, 3.63) is 17.7 Å². The van der Waals surface area contributed by atoms with E-state index < -0.39 is 5.60 Å². The molecule has 2 saturated heterocycles. The minimum absolute atomic E-state index is 0.0534. The standard InChI is InChI=1S/C33H60N4O3/c1-32(2,3)20-14-12-10-8-7-9-11-13-15-24-39-26-37-29(27-18-21-34-22-19-27)25-35-30(37)28-17-16-23-36(28)31(38)40-33(4,5)6/h25,27-28,34H,7-24,26H2,1-6H3. The van der Waals surface area contributed by atoms with E-state index in [1.807, 2.05) is 31.9 Å². The molecule has 7 heteroatoms. The van der Waals surface area contributed by atoms with Crippen LogP contribution in [-0.4, -0.2) is 52.4 Å². The summed E-state index contributed by atoms with van der Waals surface area (Å²) in [6.45, 7) is 16.9. The molecule has 3 rings (SSSR count). The van der Waals surface area contributed by atoms with Crippen LogP contribution in [0.25, 0.3) is 0 Å². The third-order valence-corrected chi connectivity index (χ3v) is 8.29. The highest BCUT2D eigenvalue weighted by molar-refractivity contribution is 5.69. The van der Waals surface area contributed by atoms with Crippen LogP contribution in [0, 0.1) is 5.41 Å². The number of ether oxygens (including phenoxy) is 2. The summed E-state index contributed by atoms with van der Waals surface area (Å²) in [6.07, 6.45) is 19.1. The maximum Gasteiger partial charge on any atom is 0.410 e. The number of carbonyl (C=O) groups excluding carboxylic acids is 1. The molecule has 7 nitrogen and oxygen atoms in total. The number of hydrogen-bond donors (Lipinski definition) is 1. The van der Waals surface area contributed by atoms with Gasteiger partial charge >= 0.3 is 6.09 Å². The van der Waals surface area contributed by atoms with Gasteiger partial charge in [-0.1, -0.05) is 72.1 Å². The molecule has 0 bridgehead atoms. The summed E-state index contributed by atoms with van der Waals surface area (Å²) in [7, 11) is 0. The molecule has 2 aliphatic heterocycles. The van der Waals surface area contributed by atoms with E-state index in [9.17, 15) is 4.79 Å². The van der Waals surface area contributed by atoms with Crippen molar-refractivity contribution >= 4 is 6.09 Å². The van der Waals surface area contributed by atoms with Crippen LogP contribution >= 0.6 is 0 Å². The Morgan fingerprint density at radius 1 is 0.925 bits per heavy atom. The third-order valence-electron chi connectivity index (χ3n) is 8.29. The van der Waals surface area contributed by atoms with Crippen molar-refractivity contribution in [1.82, 2.24) is 19.8 Å². The predicted molar refractivity (Wildman–Crippen MR) is 164 cm³/mol. The lowest BCUT2D eigenvalue weighted by molar-refractivity contribution is 0.0200. The third kappa shape index (κ3) is 11.3. The van der Waals surface area contributed by atoms with E-state index in [0.29, 0.717) is 24.6 Å². The minimum atomic E-state index is -0.505. The largest absolute Gasteiger partial charge is 0.444 e. The molecule has 0 aromatic carbocycles. The number of piperidine rings is 1. The summed E-state index contributed by atoms with van der Waals surface area (Å²) >= 11 is 0.